The number of rotatable bonds is 10. The molecule has 3 aromatic rings. The topological polar surface area (TPSA) is 101 Å². The van der Waals surface area contributed by atoms with Gasteiger partial charge in [0.05, 0.1) is 19.2 Å². The van der Waals surface area contributed by atoms with Gasteiger partial charge in [-0.3, -0.25) is 14.4 Å². The quantitative estimate of drug-likeness (QED) is 0.414. The highest BCUT2D eigenvalue weighted by Gasteiger charge is 2.21. The number of anilines is 2. The van der Waals surface area contributed by atoms with Crippen LogP contribution in [-0.2, 0) is 16.0 Å². The highest BCUT2D eigenvalue weighted by molar-refractivity contribution is 7.13. The van der Waals surface area contributed by atoms with Crippen molar-refractivity contribution in [3.05, 3.63) is 70.2 Å². The van der Waals surface area contributed by atoms with Crippen LogP contribution in [0.5, 0.6) is 5.75 Å². The summed E-state index contributed by atoms with van der Waals surface area (Å²) in [6.07, 6.45) is 0.0920. The number of aromatic nitrogens is 1. The molecule has 9 heteroatoms. The molecule has 0 aliphatic carbocycles. The fourth-order valence-electron chi connectivity index (χ4n) is 3.54. The van der Waals surface area contributed by atoms with Gasteiger partial charge in [0, 0.05) is 23.2 Å². The minimum atomic E-state index is -0.349. The lowest BCUT2D eigenvalue weighted by Gasteiger charge is -2.24. The van der Waals surface area contributed by atoms with Crippen molar-refractivity contribution in [2.24, 2.45) is 5.92 Å². The van der Waals surface area contributed by atoms with Crippen LogP contribution in [0, 0.1) is 19.8 Å². The van der Waals surface area contributed by atoms with Crippen LogP contribution in [0.4, 0.5) is 10.8 Å². The second-order valence-corrected chi connectivity index (χ2v) is 9.88. The third kappa shape index (κ3) is 7.64. The Morgan fingerprint density at radius 3 is 2.36 bits per heavy atom. The number of hydrogen-bond donors (Lipinski definition) is 2. The van der Waals surface area contributed by atoms with Crippen molar-refractivity contribution < 1.29 is 19.1 Å². The summed E-state index contributed by atoms with van der Waals surface area (Å²) in [6.45, 7) is 8.31. The molecule has 0 bridgehead atoms. The molecule has 190 valence electrons. The molecule has 0 radical (unpaired) electrons. The van der Waals surface area contributed by atoms with Gasteiger partial charge in [-0.1, -0.05) is 19.9 Å². The first-order valence-electron chi connectivity index (χ1n) is 11.7. The number of methoxy groups -OCH3 is 1. The number of benzene rings is 2. The zero-order valence-corrected chi connectivity index (χ0v) is 22.1. The molecule has 0 unspecified atom stereocenters. The van der Waals surface area contributed by atoms with Crippen LogP contribution >= 0.6 is 11.3 Å². The molecule has 1 aromatic heterocycles. The molecule has 1 heterocycles. The molecule has 0 saturated carbocycles. The van der Waals surface area contributed by atoms with E-state index in [1.807, 2.05) is 45.9 Å². The Hall–Kier alpha value is -3.72. The van der Waals surface area contributed by atoms with Gasteiger partial charge < -0.3 is 20.3 Å². The van der Waals surface area contributed by atoms with Crippen molar-refractivity contribution >= 4 is 39.9 Å². The average Bonchev–Trinajstić information content (AvgIpc) is 3.26. The largest absolute Gasteiger partial charge is 0.497 e. The Morgan fingerprint density at radius 2 is 1.72 bits per heavy atom. The van der Waals surface area contributed by atoms with Crippen molar-refractivity contribution in [1.29, 1.82) is 0 Å². The molecule has 0 saturated heterocycles. The number of ether oxygens (including phenoxy) is 1. The molecule has 0 atom stereocenters. The van der Waals surface area contributed by atoms with Crippen LogP contribution in [0.15, 0.2) is 47.8 Å². The van der Waals surface area contributed by atoms with Crippen molar-refractivity contribution in [3.63, 3.8) is 0 Å². The number of hydrogen-bond acceptors (Lipinski definition) is 6. The van der Waals surface area contributed by atoms with E-state index in [2.05, 4.69) is 15.6 Å². The SMILES string of the molecule is COc1ccc(C(=O)N(CC(=O)Nc2nc(CC(=O)Nc3ccc(C)c(C)c3)cs2)CC(C)C)cc1. The predicted octanol–water partition coefficient (Wildman–Crippen LogP) is 4.69. The van der Waals surface area contributed by atoms with Crippen LogP contribution < -0.4 is 15.4 Å². The van der Waals surface area contributed by atoms with Crippen molar-refractivity contribution in [2.45, 2.75) is 34.1 Å². The van der Waals surface area contributed by atoms with Crippen molar-refractivity contribution in [3.8, 4) is 5.75 Å². The van der Waals surface area contributed by atoms with Gasteiger partial charge in [-0.15, -0.1) is 11.3 Å². The first-order valence-corrected chi connectivity index (χ1v) is 12.6. The van der Waals surface area contributed by atoms with Gasteiger partial charge in [0.1, 0.15) is 12.3 Å². The van der Waals surface area contributed by atoms with Crippen LogP contribution in [-0.4, -0.2) is 47.8 Å². The molecule has 36 heavy (non-hydrogen) atoms. The van der Waals surface area contributed by atoms with Crippen LogP contribution in [0.25, 0.3) is 0 Å². The zero-order chi connectivity index (χ0) is 26.2. The molecule has 8 nitrogen and oxygen atoms in total. The molecular weight excluding hydrogens is 476 g/mol. The summed E-state index contributed by atoms with van der Waals surface area (Å²) in [5, 5.41) is 7.75. The van der Waals surface area contributed by atoms with Gasteiger partial charge in [-0.2, -0.15) is 0 Å². The maximum atomic E-state index is 13.0. The summed E-state index contributed by atoms with van der Waals surface area (Å²) in [5.74, 6) is 0.0706. The molecule has 2 aromatic carbocycles. The standard InChI is InChI=1S/C27H32N4O4S/c1-17(2)14-31(26(34)20-7-10-23(35-5)11-8-20)15-25(33)30-27-29-22(16-36-27)13-24(32)28-21-9-6-18(3)19(4)12-21/h6-12,16-17H,13-15H2,1-5H3,(H,28,32)(H,29,30,33). The third-order valence-electron chi connectivity index (χ3n) is 5.47. The summed E-state index contributed by atoms with van der Waals surface area (Å²) in [6, 6.07) is 12.6. The minimum absolute atomic E-state index is 0.0920. The fraction of sp³-hybridized carbons (Fsp3) is 0.333. The molecule has 0 aliphatic rings. The van der Waals surface area contributed by atoms with Crippen molar-refractivity contribution in [2.75, 3.05) is 30.8 Å². The second-order valence-electron chi connectivity index (χ2n) is 9.02. The smallest absolute Gasteiger partial charge is 0.254 e. The van der Waals surface area contributed by atoms with E-state index in [1.165, 1.54) is 16.2 Å². The number of nitrogens with one attached hydrogen (secondary N) is 2. The fourth-order valence-corrected chi connectivity index (χ4v) is 4.27. The first-order chi connectivity index (χ1) is 17.1. The Morgan fingerprint density at radius 1 is 1.00 bits per heavy atom. The number of carbonyl (C=O) groups excluding carboxylic acids is 3. The van der Waals surface area contributed by atoms with E-state index < -0.39 is 0 Å². The lowest BCUT2D eigenvalue weighted by atomic mass is 10.1. The molecule has 2 N–H and O–H groups in total. The molecule has 3 amide bonds. The Labute approximate surface area is 215 Å². The molecule has 0 aliphatic heterocycles. The molecular formula is C27H32N4O4S. The third-order valence-corrected chi connectivity index (χ3v) is 6.28. The van der Waals surface area contributed by atoms with Gasteiger partial charge in [-0.25, -0.2) is 4.98 Å². The highest BCUT2D eigenvalue weighted by atomic mass is 32.1. The monoisotopic (exact) mass is 508 g/mol. The van der Waals surface area contributed by atoms with E-state index in [4.69, 9.17) is 4.74 Å². The lowest BCUT2D eigenvalue weighted by Crippen LogP contribution is -2.40. The first kappa shape index (κ1) is 26.9. The molecule has 0 fully saturated rings. The van der Waals surface area contributed by atoms with Gasteiger partial charge in [0.15, 0.2) is 5.13 Å². The number of nitrogens with zero attached hydrogens (tertiary/aromatic N) is 2. The Balaban J connectivity index is 1.58. The van der Waals surface area contributed by atoms with E-state index in [-0.39, 0.29) is 36.6 Å². The molecule has 3 rings (SSSR count). The van der Waals surface area contributed by atoms with E-state index in [0.717, 1.165) is 16.8 Å². The lowest BCUT2D eigenvalue weighted by molar-refractivity contribution is -0.117. The van der Waals surface area contributed by atoms with Gasteiger partial charge in [0.2, 0.25) is 11.8 Å². The summed E-state index contributed by atoms with van der Waals surface area (Å²) in [5.41, 5.74) is 4.04. The van der Waals surface area contributed by atoms with E-state index in [1.54, 1.807) is 36.8 Å². The average molecular weight is 509 g/mol. The van der Waals surface area contributed by atoms with E-state index in [0.29, 0.717) is 28.7 Å². The maximum Gasteiger partial charge on any atom is 0.254 e. The summed E-state index contributed by atoms with van der Waals surface area (Å²) in [7, 11) is 1.56. The number of amides is 3. The Bertz CT molecular complexity index is 1220. The highest BCUT2D eigenvalue weighted by Crippen LogP contribution is 2.19. The van der Waals surface area contributed by atoms with E-state index in [9.17, 15) is 14.4 Å². The van der Waals surface area contributed by atoms with Crippen molar-refractivity contribution in [1.82, 2.24) is 9.88 Å². The summed E-state index contributed by atoms with van der Waals surface area (Å²) < 4.78 is 5.15. The summed E-state index contributed by atoms with van der Waals surface area (Å²) >= 11 is 1.24. The molecule has 0 spiro atoms. The van der Waals surface area contributed by atoms with Gasteiger partial charge in [-0.05, 0) is 67.3 Å². The van der Waals surface area contributed by atoms with E-state index >= 15 is 0 Å². The van der Waals surface area contributed by atoms with Crippen LogP contribution in [0.2, 0.25) is 0 Å². The normalized spacial score (nSPS) is 10.7. The van der Waals surface area contributed by atoms with Gasteiger partial charge in [0.25, 0.3) is 5.91 Å². The predicted molar refractivity (Wildman–Crippen MR) is 143 cm³/mol. The number of thiazole rings is 1. The Kier molecular flexibility index (Phi) is 9.19. The maximum absolute atomic E-state index is 13.0. The van der Waals surface area contributed by atoms with Crippen LogP contribution in [0.3, 0.4) is 0 Å². The van der Waals surface area contributed by atoms with Gasteiger partial charge >= 0.3 is 0 Å². The minimum Gasteiger partial charge on any atom is -0.497 e. The number of aryl methyl sites for hydroxylation is 2. The summed E-state index contributed by atoms with van der Waals surface area (Å²) in [4.78, 5) is 44.1. The number of carbonyl (C=O) groups is 3. The van der Waals surface area contributed by atoms with Crippen LogP contribution in [0.1, 0.15) is 41.0 Å². The zero-order valence-electron chi connectivity index (χ0n) is 21.3. The second kappa shape index (κ2) is 12.3.